The van der Waals surface area contributed by atoms with Gasteiger partial charge in [0.15, 0.2) is 11.2 Å². The lowest BCUT2D eigenvalue weighted by Crippen LogP contribution is -2.09. The molecule has 5 aromatic heterocycles. The first kappa shape index (κ1) is 41.4. The summed E-state index contributed by atoms with van der Waals surface area (Å²) in [5, 5.41) is 22.4. The minimum absolute atomic E-state index is 0.334. The van der Waals surface area contributed by atoms with Crippen LogP contribution in [0, 0.1) is 17.9 Å². The molecule has 0 saturated heterocycles. The zero-order valence-corrected chi connectivity index (χ0v) is 40.6. The van der Waals surface area contributed by atoms with Gasteiger partial charge in [0.1, 0.15) is 17.2 Å². The second-order valence-corrected chi connectivity index (χ2v) is 20.2. The summed E-state index contributed by atoms with van der Waals surface area (Å²) < 4.78 is 21.0. The summed E-state index contributed by atoms with van der Waals surface area (Å²) in [5.41, 5.74) is 13.6. The van der Waals surface area contributed by atoms with Gasteiger partial charge in [0.2, 0.25) is 5.69 Å². The average Bonchev–Trinajstić information content (AvgIpc) is 4.37. The maximum Gasteiger partial charge on any atom is 0.220 e. The van der Waals surface area contributed by atoms with Crippen molar-refractivity contribution in [2.75, 3.05) is 0 Å². The molecule has 0 atom stereocenters. The second-order valence-electron chi connectivity index (χ2n) is 19.2. The Morgan fingerprint density at radius 3 is 1.48 bits per heavy atom. The zero-order valence-electron chi connectivity index (χ0n) is 39.8. The Labute approximate surface area is 431 Å². The van der Waals surface area contributed by atoms with Gasteiger partial charge in [0.05, 0.1) is 50.3 Å². The van der Waals surface area contributed by atoms with Crippen LogP contribution in [-0.2, 0) is 0 Å². The molecule has 0 amide bonds. The minimum atomic E-state index is 0.334. The molecule has 16 aromatic rings. The lowest BCUT2D eigenvalue weighted by Gasteiger charge is -2.25. The topological polar surface area (TPSA) is 64.3 Å². The van der Waals surface area contributed by atoms with E-state index in [4.69, 9.17) is 8.83 Å². The Bertz CT molecular complexity index is 5070. The summed E-state index contributed by atoms with van der Waals surface area (Å²) in [6, 6.07) is 78.3. The molecule has 0 aliphatic heterocycles. The fraction of sp³-hybridized carbons (Fsp3) is 0. The largest absolute Gasteiger partial charge is 0.454 e. The molecule has 0 aliphatic rings. The van der Waals surface area contributed by atoms with E-state index in [-0.39, 0.29) is 0 Å². The van der Waals surface area contributed by atoms with Crippen molar-refractivity contribution in [3.05, 3.63) is 235 Å². The normalized spacial score (nSPS) is 12.0. The minimum Gasteiger partial charge on any atom is -0.454 e. The van der Waals surface area contributed by atoms with Crippen molar-refractivity contribution in [2.45, 2.75) is 0 Å². The van der Waals surface area contributed by atoms with Gasteiger partial charge in [-0.05, 0) is 52.6 Å². The fourth-order valence-corrected chi connectivity index (χ4v) is 13.7. The Morgan fingerprint density at radius 2 is 0.880 bits per heavy atom. The third-order valence-corrected chi connectivity index (χ3v) is 16.6. The van der Waals surface area contributed by atoms with E-state index in [0.29, 0.717) is 39.4 Å². The molecule has 0 fully saturated rings. The lowest BCUT2D eigenvalue weighted by molar-refractivity contribution is 0.669. The number of nitriles is 1. The fourth-order valence-electron chi connectivity index (χ4n) is 12.3. The van der Waals surface area contributed by atoms with Gasteiger partial charge in [0, 0.05) is 69.7 Å². The van der Waals surface area contributed by atoms with E-state index in [1.165, 1.54) is 15.6 Å². The number of benzene rings is 11. The van der Waals surface area contributed by atoms with Crippen LogP contribution in [0.4, 0.5) is 5.69 Å². The number of aromatic nitrogens is 2. The Kier molecular flexibility index (Phi) is 8.65. The summed E-state index contributed by atoms with van der Waals surface area (Å²) in [5.74, 6) is 0. The number of fused-ring (bicyclic) bond motifs is 18. The SMILES string of the molecule is [C-]#[N+]c1c(-c2ccccc2)c(C#N)c(-n2c3ccccc3c3ccc4c5cccc(-c6ccccc6)c5sc4c32)c(-c2ccccc2)c1-n1c2c(ccc3c4ccccc4oc32)c2ccc3c4ccccc4oc3c21. The highest BCUT2D eigenvalue weighted by atomic mass is 32.1. The van der Waals surface area contributed by atoms with Crippen LogP contribution in [0.5, 0.6) is 0 Å². The van der Waals surface area contributed by atoms with Crippen LogP contribution in [0.25, 0.3) is 157 Å². The van der Waals surface area contributed by atoms with Gasteiger partial charge in [-0.1, -0.05) is 188 Å². The third kappa shape index (κ3) is 5.65. The zero-order chi connectivity index (χ0) is 49.5. The molecule has 5 heterocycles. The van der Waals surface area contributed by atoms with Crippen LogP contribution in [0.15, 0.2) is 227 Å². The molecule has 75 heavy (non-hydrogen) atoms. The standard InChI is InChI=1S/C68H36N4O2S/c1-70-59-57(40-20-7-3-8-21-40)53(38-69)60(71-54-29-14-11-24-43(54)46-34-37-52-51-28-17-27-42(39-18-5-2-6-19-39)67(51)75-68(52)63(46)71)58(41-22-9-4-10-23-41)64(59)72-61-47(32-35-49-44-25-12-15-30-55(44)73-65(49)61)48-33-36-50-45-26-13-16-31-56(45)74-66(50)62(48)72/h2-37H. The van der Waals surface area contributed by atoms with Crippen molar-refractivity contribution < 1.29 is 8.83 Å². The van der Waals surface area contributed by atoms with Crippen molar-refractivity contribution in [1.29, 1.82) is 5.26 Å². The molecule has 0 radical (unpaired) electrons. The van der Waals surface area contributed by atoms with Crippen molar-refractivity contribution in [2.24, 2.45) is 0 Å². The van der Waals surface area contributed by atoms with E-state index >= 15 is 0 Å². The van der Waals surface area contributed by atoms with Crippen molar-refractivity contribution >= 4 is 125 Å². The Balaban J connectivity index is 1.19. The van der Waals surface area contributed by atoms with Crippen LogP contribution < -0.4 is 0 Å². The van der Waals surface area contributed by atoms with E-state index < -0.39 is 0 Å². The first-order chi connectivity index (χ1) is 37.2. The van der Waals surface area contributed by atoms with Crippen molar-refractivity contribution in [3.8, 4) is 50.8 Å². The van der Waals surface area contributed by atoms with Crippen LogP contribution in [0.3, 0.4) is 0 Å². The molecule has 0 saturated carbocycles. The predicted octanol–water partition coefficient (Wildman–Crippen LogP) is 19.5. The molecule has 0 bridgehead atoms. The number of rotatable bonds is 5. The highest BCUT2D eigenvalue weighted by Crippen LogP contribution is 2.55. The van der Waals surface area contributed by atoms with Gasteiger partial charge < -0.3 is 18.0 Å². The molecule has 16 rings (SSSR count). The second kappa shape index (κ2) is 15.7. The maximum absolute atomic E-state index is 12.2. The molecule has 6 nitrogen and oxygen atoms in total. The van der Waals surface area contributed by atoms with Crippen LogP contribution in [0.2, 0.25) is 0 Å². The van der Waals surface area contributed by atoms with E-state index in [2.05, 4.69) is 154 Å². The van der Waals surface area contributed by atoms with Crippen LogP contribution in [0.1, 0.15) is 5.56 Å². The van der Waals surface area contributed by atoms with Crippen LogP contribution >= 0.6 is 11.3 Å². The lowest BCUT2D eigenvalue weighted by atomic mass is 9.88. The number of nitrogens with zero attached hydrogens (tertiary/aromatic N) is 4. The van der Waals surface area contributed by atoms with Crippen LogP contribution in [-0.4, -0.2) is 9.13 Å². The summed E-state index contributed by atoms with van der Waals surface area (Å²) in [4.78, 5) is 4.63. The third-order valence-electron chi connectivity index (χ3n) is 15.4. The van der Waals surface area contributed by atoms with Gasteiger partial charge in [-0.25, -0.2) is 4.85 Å². The number of hydrogen-bond acceptors (Lipinski definition) is 4. The van der Waals surface area contributed by atoms with Gasteiger partial charge in [-0.2, -0.15) is 5.26 Å². The summed E-state index contributed by atoms with van der Waals surface area (Å²) in [7, 11) is 0. The number of para-hydroxylation sites is 3. The Hall–Kier alpha value is -10.2. The first-order valence-electron chi connectivity index (χ1n) is 24.9. The van der Waals surface area contributed by atoms with E-state index in [1.54, 1.807) is 11.3 Å². The predicted molar refractivity (Wildman–Crippen MR) is 310 cm³/mol. The summed E-state index contributed by atoms with van der Waals surface area (Å²) >= 11 is 1.79. The Morgan fingerprint density at radius 1 is 0.400 bits per heavy atom. The highest BCUT2D eigenvalue weighted by molar-refractivity contribution is 7.27. The summed E-state index contributed by atoms with van der Waals surface area (Å²) in [6.07, 6.45) is 0. The number of hydrogen-bond donors (Lipinski definition) is 0. The number of thiophene rings is 1. The van der Waals surface area contributed by atoms with E-state index in [1.807, 2.05) is 84.9 Å². The average molecular weight is 973 g/mol. The maximum atomic E-state index is 12.2. The molecular formula is C68H36N4O2S. The van der Waals surface area contributed by atoms with Gasteiger partial charge in [-0.15, -0.1) is 11.3 Å². The molecule has 0 N–H and O–H groups in total. The van der Waals surface area contributed by atoms with Crippen molar-refractivity contribution in [3.63, 3.8) is 0 Å². The highest BCUT2D eigenvalue weighted by Gasteiger charge is 2.34. The smallest absolute Gasteiger partial charge is 0.220 e. The van der Waals surface area contributed by atoms with Gasteiger partial charge in [0.25, 0.3) is 0 Å². The monoisotopic (exact) mass is 972 g/mol. The van der Waals surface area contributed by atoms with Crippen molar-refractivity contribution in [1.82, 2.24) is 9.13 Å². The molecule has 7 heteroatoms. The molecule has 0 spiro atoms. The van der Waals surface area contributed by atoms with E-state index in [0.717, 1.165) is 109 Å². The molecular weight excluding hydrogens is 937 g/mol. The first-order valence-corrected chi connectivity index (χ1v) is 25.7. The molecule has 0 aliphatic carbocycles. The molecule has 0 unspecified atom stereocenters. The molecule has 11 aromatic carbocycles. The molecule has 346 valence electrons. The van der Waals surface area contributed by atoms with Gasteiger partial charge >= 0.3 is 0 Å². The quantitative estimate of drug-likeness (QED) is 0.161. The number of furan rings is 2. The summed E-state index contributed by atoms with van der Waals surface area (Å²) in [6.45, 7) is 9.54. The van der Waals surface area contributed by atoms with E-state index in [9.17, 15) is 11.8 Å². The van der Waals surface area contributed by atoms with Gasteiger partial charge in [-0.3, -0.25) is 0 Å².